The monoisotopic (exact) mass is 394 g/mol. The number of aryl methyl sites for hydroxylation is 1. The summed E-state index contributed by atoms with van der Waals surface area (Å²) in [7, 11) is -3.65. The molecule has 0 bridgehead atoms. The Bertz CT molecular complexity index is 827. The summed E-state index contributed by atoms with van der Waals surface area (Å²) in [6.07, 6.45) is 3.67. The molecule has 7 nitrogen and oxygen atoms in total. The van der Waals surface area contributed by atoms with E-state index in [0.29, 0.717) is 18.7 Å². The maximum Gasteiger partial charge on any atom is 0.338 e. The third kappa shape index (κ3) is 4.68. The fourth-order valence-electron chi connectivity index (χ4n) is 3.08. The number of nitrogens with one attached hydrogen (secondary N) is 1. The summed E-state index contributed by atoms with van der Waals surface area (Å²) in [6, 6.07) is 4.66. The van der Waals surface area contributed by atoms with E-state index in [2.05, 4.69) is 5.32 Å². The second kappa shape index (κ2) is 7.98. The Hall–Kier alpha value is -1.93. The van der Waals surface area contributed by atoms with Gasteiger partial charge in [0.05, 0.1) is 10.5 Å². The molecular formula is C19H26N2O5S. The number of piperidine rings is 1. The van der Waals surface area contributed by atoms with Crippen molar-refractivity contribution in [2.75, 3.05) is 13.1 Å². The van der Waals surface area contributed by atoms with E-state index in [1.165, 1.54) is 23.4 Å². The minimum Gasteiger partial charge on any atom is -0.449 e. The number of hydrogen-bond donors (Lipinski definition) is 1. The molecule has 1 heterocycles. The van der Waals surface area contributed by atoms with Crippen molar-refractivity contribution in [2.24, 2.45) is 0 Å². The molecular weight excluding hydrogens is 368 g/mol. The van der Waals surface area contributed by atoms with E-state index in [0.717, 1.165) is 32.1 Å². The lowest BCUT2D eigenvalue weighted by molar-refractivity contribution is -0.129. The smallest absolute Gasteiger partial charge is 0.338 e. The molecule has 2 fully saturated rings. The molecule has 1 saturated carbocycles. The second-order valence-electron chi connectivity index (χ2n) is 7.28. The summed E-state index contributed by atoms with van der Waals surface area (Å²) in [4.78, 5) is 24.5. The van der Waals surface area contributed by atoms with E-state index in [1.807, 2.05) is 0 Å². The maximum atomic E-state index is 13.0. The third-order valence-electron chi connectivity index (χ3n) is 4.93. The Kier molecular flexibility index (Phi) is 5.86. The van der Waals surface area contributed by atoms with Crippen molar-refractivity contribution in [2.45, 2.75) is 63.0 Å². The lowest BCUT2D eigenvalue weighted by Crippen LogP contribution is -2.37. The van der Waals surface area contributed by atoms with Crippen LogP contribution in [0.2, 0.25) is 0 Å². The van der Waals surface area contributed by atoms with Gasteiger partial charge in [0.2, 0.25) is 10.0 Å². The van der Waals surface area contributed by atoms with Crippen molar-refractivity contribution < 1.29 is 22.7 Å². The van der Waals surface area contributed by atoms with E-state index in [9.17, 15) is 18.0 Å². The predicted octanol–water partition coefficient (Wildman–Crippen LogP) is 1.99. The number of nitrogens with zero attached hydrogens (tertiary/aromatic N) is 1. The molecule has 1 aromatic rings. The van der Waals surface area contributed by atoms with E-state index in [-0.39, 0.29) is 22.4 Å². The summed E-state index contributed by atoms with van der Waals surface area (Å²) in [5.41, 5.74) is 0.707. The number of amides is 1. The number of sulfonamides is 1. The van der Waals surface area contributed by atoms with Crippen molar-refractivity contribution >= 4 is 21.9 Å². The highest BCUT2D eigenvalue weighted by Crippen LogP contribution is 2.25. The van der Waals surface area contributed by atoms with E-state index in [4.69, 9.17) is 4.74 Å². The van der Waals surface area contributed by atoms with Gasteiger partial charge >= 0.3 is 5.97 Å². The van der Waals surface area contributed by atoms with Gasteiger partial charge in [-0.3, -0.25) is 4.79 Å². The summed E-state index contributed by atoms with van der Waals surface area (Å²) in [5.74, 6) is -1.04. The lowest BCUT2D eigenvalue weighted by Gasteiger charge is -2.26. The lowest BCUT2D eigenvalue weighted by atomic mass is 10.1. The van der Waals surface area contributed by atoms with Crippen molar-refractivity contribution in [3.63, 3.8) is 0 Å². The van der Waals surface area contributed by atoms with Gasteiger partial charge in [-0.05, 0) is 57.2 Å². The quantitative estimate of drug-likeness (QED) is 0.745. The van der Waals surface area contributed by atoms with Gasteiger partial charge in [0, 0.05) is 19.1 Å². The van der Waals surface area contributed by atoms with Crippen molar-refractivity contribution in [3.05, 3.63) is 29.3 Å². The number of esters is 1. The van der Waals surface area contributed by atoms with Crippen molar-refractivity contribution in [1.82, 2.24) is 9.62 Å². The molecule has 27 heavy (non-hydrogen) atoms. The molecule has 1 atom stereocenters. The number of hydrogen-bond acceptors (Lipinski definition) is 5. The van der Waals surface area contributed by atoms with Gasteiger partial charge < -0.3 is 10.1 Å². The zero-order valence-corrected chi connectivity index (χ0v) is 16.5. The Morgan fingerprint density at radius 1 is 1.19 bits per heavy atom. The van der Waals surface area contributed by atoms with Gasteiger partial charge in [-0.15, -0.1) is 0 Å². The normalized spacial score (nSPS) is 19.3. The first-order chi connectivity index (χ1) is 12.8. The van der Waals surface area contributed by atoms with Crippen LogP contribution in [0.3, 0.4) is 0 Å². The summed E-state index contributed by atoms with van der Waals surface area (Å²) in [6.45, 7) is 4.20. The molecule has 1 N–H and O–H groups in total. The number of carbonyl (C=O) groups is 2. The van der Waals surface area contributed by atoms with Crippen LogP contribution in [0, 0.1) is 6.92 Å². The van der Waals surface area contributed by atoms with Gasteiger partial charge in [0.1, 0.15) is 0 Å². The molecule has 0 aromatic heterocycles. The first-order valence-electron chi connectivity index (χ1n) is 9.41. The number of rotatable bonds is 6. The zero-order chi connectivity index (χ0) is 19.6. The molecule has 8 heteroatoms. The van der Waals surface area contributed by atoms with Crippen LogP contribution >= 0.6 is 0 Å². The highest BCUT2D eigenvalue weighted by molar-refractivity contribution is 7.89. The first-order valence-corrected chi connectivity index (χ1v) is 10.8. The molecule has 0 unspecified atom stereocenters. The molecule has 148 valence electrons. The van der Waals surface area contributed by atoms with Crippen LogP contribution in [0.25, 0.3) is 0 Å². The Labute approximate surface area is 160 Å². The number of carbonyl (C=O) groups excluding carboxylic acids is 2. The van der Waals surface area contributed by atoms with Crippen LogP contribution < -0.4 is 5.32 Å². The minimum atomic E-state index is -3.65. The molecule has 0 spiro atoms. The molecule has 2 aliphatic rings. The van der Waals surface area contributed by atoms with Crippen LogP contribution in [0.1, 0.15) is 54.9 Å². The zero-order valence-electron chi connectivity index (χ0n) is 15.7. The summed E-state index contributed by atoms with van der Waals surface area (Å²) >= 11 is 0. The SMILES string of the molecule is Cc1ccc(C(=O)O[C@H](C)C(=O)NC2CC2)cc1S(=O)(=O)N1CCCCC1. The van der Waals surface area contributed by atoms with E-state index >= 15 is 0 Å². The van der Waals surface area contributed by atoms with E-state index < -0.39 is 22.1 Å². The van der Waals surface area contributed by atoms with Crippen molar-refractivity contribution in [1.29, 1.82) is 0 Å². The predicted molar refractivity (Wildman–Crippen MR) is 99.8 cm³/mol. The van der Waals surface area contributed by atoms with Crippen molar-refractivity contribution in [3.8, 4) is 0 Å². The highest BCUT2D eigenvalue weighted by atomic mass is 32.2. The largest absolute Gasteiger partial charge is 0.449 e. The second-order valence-corrected chi connectivity index (χ2v) is 9.18. The average Bonchev–Trinajstić information content (AvgIpc) is 3.46. The van der Waals surface area contributed by atoms with Crippen LogP contribution in [-0.4, -0.2) is 49.8 Å². The van der Waals surface area contributed by atoms with Gasteiger partial charge in [0.25, 0.3) is 5.91 Å². The molecule has 1 aromatic carbocycles. The summed E-state index contributed by atoms with van der Waals surface area (Å²) < 4.78 is 32.6. The fourth-order valence-corrected chi connectivity index (χ4v) is 4.85. The fraction of sp³-hybridized carbons (Fsp3) is 0.579. The van der Waals surface area contributed by atoms with Crippen LogP contribution in [-0.2, 0) is 19.6 Å². The summed E-state index contributed by atoms with van der Waals surface area (Å²) in [5, 5.41) is 2.78. The van der Waals surface area contributed by atoms with Gasteiger partial charge in [-0.25, -0.2) is 13.2 Å². The Balaban J connectivity index is 1.75. The maximum absolute atomic E-state index is 13.0. The van der Waals surface area contributed by atoms with Crippen LogP contribution in [0.5, 0.6) is 0 Å². The topological polar surface area (TPSA) is 92.8 Å². The molecule has 1 saturated heterocycles. The Morgan fingerprint density at radius 3 is 2.48 bits per heavy atom. The van der Waals surface area contributed by atoms with Gasteiger partial charge in [-0.2, -0.15) is 4.31 Å². The molecule has 0 radical (unpaired) electrons. The molecule has 1 aliphatic heterocycles. The first kappa shape index (κ1) is 19.8. The van der Waals surface area contributed by atoms with Gasteiger partial charge in [-0.1, -0.05) is 12.5 Å². The van der Waals surface area contributed by atoms with Crippen LogP contribution in [0.4, 0.5) is 0 Å². The average molecular weight is 394 g/mol. The molecule has 1 aliphatic carbocycles. The third-order valence-corrected chi connectivity index (χ3v) is 6.97. The minimum absolute atomic E-state index is 0.119. The number of ether oxygens (including phenoxy) is 1. The highest BCUT2D eigenvalue weighted by Gasteiger charge is 2.30. The van der Waals surface area contributed by atoms with Gasteiger partial charge in [0.15, 0.2) is 6.10 Å². The standard InChI is InChI=1S/C19H26N2O5S/c1-13-6-7-15(19(23)26-14(2)18(22)20-16-8-9-16)12-17(13)27(24,25)21-10-4-3-5-11-21/h6-7,12,14,16H,3-5,8-11H2,1-2H3,(H,20,22)/t14-/m1/s1. The molecule has 1 amide bonds. The van der Waals surface area contributed by atoms with Crippen LogP contribution in [0.15, 0.2) is 23.1 Å². The number of benzene rings is 1. The molecule has 3 rings (SSSR count). The Morgan fingerprint density at radius 2 is 1.85 bits per heavy atom. The van der Waals surface area contributed by atoms with E-state index in [1.54, 1.807) is 13.0 Å².